The van der Waals surface area contributed by atoms with E-state index in [-0.39, 0.29) is 6.54 Å². The zero-order valence-corrected chi connectivity index (χ0v) is 8.69. The van der Waals surface area contributed by atoms with Gasteiger partial charge in [0.05, 0.1) is 19.3 Å². The quantitative estimate of drug-likeness (QED) is 0.579. The van der Waals surface area contributed by atoms with E-state index in [9.17, 15) is 18.5 Å². The van der Waals surface area contributed by atoms with Crippen LogP contribution in [0.25, 0.3) is 0 Å². The zero-order valence-electron chi connectivity index (χ0n) is 7.79. The largest absolute Gasteiger partial charge is 0.469 e. The number of hydrogen-bond acceptors (Lipinski definition) is 4. The number of H-pyrrole nitrogens is 1. The monoisotopic (exact) mass is 254 g/mol. The molecule has 90 valence electrons. The highest BCUT2D eigenvalue weighted by atomic mass is 31.2. The average molecular weight is 254 g/mol. The van der Waals surface area contributed by atoms with Crippen LogP contribution in [0.5, 0.6) is 0 Å². The summed E-state index contributed by atoms with van der Waals surface area (Å²) in [5, 5.41) is 0. The van der Waals surface area contributed by atoms with E-state index in [2.05, 4.69) is 4.52 Å². The number of hydrogen-bond donors (Lipinski definition) is 3. The lowest BCUT2D eigenvalue weighted by atomic mass is 10.5. The van der Waals surface area contributed by atoms with Crippen molar-refractivity contribution in [3.05, 3.63) is 32.9 Å². The standard InChI is InChI=1S/C6H8FN2O6P/c7-4-3-9(6(11)8-5(4)10)1-2-15-16(12,13)14/h3H,1-2H2,(H,8,10,11)(H2,12,13,14). The fraction of sp³-hybridized carbons (Fsp3) is 0.333. The van der Waals surface area contributed by atoms with Gasteiger partial charge in [-0.05, 0) is 0 Å². The predicted octanol–water partition coefficient (Wildman–Crippen LogP) is -1.22. The average Bonchev–Trinajstić information content (AvgIpc) is 2.11. The third kappa shape index (κ3) is 3.70. The maximum atomic E-state index is 12.7. The van der Waals surface area contributed by atoms with Crippen molar-refractivity contribution >= 4 is 7.82 Å². The van der Waals surface area contributed by atoms with Crippen molar-refractivity contribution in [3.63, 3.8) is 0 Å². The summed E-state index contributed by atoms with van der Waals surface area (Å²) in [5.41, 5.74) is -2.04. The number of aromatic amines is 1. The summed E-state index contributed by atoms with van der Waals surface area (Å²) in [5.74, 6) is -1.17. The van der Waals surface area contributed by atoms with Crippen molar-refractivity contribution in [2.45, 2.75) is 6.54 Å². The van der Waals surface area contributed by atoms with E-state index in [1.807, 2.05) is 0 Å². The summed E-state index contributed by atoms with van der Waals surface area (Å²) in [4.78, 5) is 40.0. The van der Waals surface area contributed by atoms with Crippen LogP contribution in [-0.2, 0) is 15.6 Å². The number of nitrogens with one attached hydrogen (secondary N) is 1. The Morgan fingerprint density at radius 3 is 2.69 bits per heavy atom. The smallest absolute Gasteiger partial charge is 0.303 e. The number of aromatic nitrogens is 2. The molecule has 1 aromatic heterocycles. The molecule has 1 rings (SSSR count). The van der Waals surface area contributed by atoms with Gasteiger partial charge in [-0.1, -0.05) is 0 Å². The van der Waals surface area contributed by atoms with Gasteiger partial charge in [0.2, 0.25) is 5.82 Å². The third-order valence-electron chi connectivity index (χ3n) is 1.56. The van der Waals surface area contributed by atoms with Gasteiger partial charge in [0, 0.05) is 0 Å². The molecule has 1 aromatic rings. The molecule has 3 N–H and O–H groups in total. The van der Waals surface area contributed by atoms with Gasteiger partial charge in [0.1, 0.15) is 0 Å². The van der Waals surface area contributed by atoms with Gasteiger partial charge < -0.3 is 9.79 Å². The summed E-state index contributed by atoms with van der Waals surface area (Å²) in [7, 11) is -4.62. The van der Waals surface area contributed by atoms with Crippen molar-refractivity contribution in [1.82, 2.24) is 9.55 Å². The molecule has 0 amide bonds. The molecule has 10 heteroatoms. The Morgan fingerprint density at radius 1 is 1.50 bits per heavy atom. The molecule has 0 unspecified atom stereocenters. The van der Waals surface area contributed by atoms with Crippen LogP contribution in [0.2, 0.25) is 0 Å². The maximum absolute atomic E-state index is 12.7. The van der Waals surface area contributed by atoms with Crippen LogP contribution in [-0.4, -0.2) is 25.9 Å². The predicted molar refractivity (Wildman–Crippen MR) is 49.3 cm³/mol. The molecular formula is C6H8FN2O6P. The zero-order chi connectivity index (χ0) is 12.3. The van der Waals surface area contributed by atoms with E-state index in [1.165, 1.54) is 0 Å². The molecule has 0 aliphatic carbocycles. The topological polar surface area (TPSA) is 122 Å². The number of nitrogens with zero attached hydrogens (tertiary/aromatic N) is 1. The number of halogens is 1. The van der Waals surface area contributed by atoms with Crippen LogP contribution in [0.3, 0.4) is 0 Å². The molecule has 0 saturated carbocycles. The number of phosphoric acid groups is 1. The van der Waals surface area contributed by atoms with Crippen molar-refractivity contribution in [2.24, 2.45) is 0 Å². The first-order valence-electron chi connectivity index (χ1n) is 3.99. The Labute approximate surface area is 87.6 Å². The second kappa shape index (κ2) is 4.71. The van der Waals surface area contributed by atoms with Crippen LogP contribution in [0.1, 0.15) is 0 Å². The SMILES string of the molecule is O=c1[nH]c(=O)n(CCOP(=O)(O)O)cc1F. The molecule has 0 radical (unpaired) electrons. The summed E-state index contributed by atoms with van der Waals surface area (Å²) >= 11 is 0. The second-order valence-electron chi connectivity index (χ2n) is 2.75. The molecule has 0 fully saturated rings. The van der Waals surface area contributed by atoms with Crippen molar-refractivity contribution in [1.29, 1.82) is 0 Å². The van der Waals surface area contributed by atoms with E-state index < -0.39 is 31.5 Å². The molecule has 0 atom stereocenters. The van der Waals surface area contributed by atoms with Crippen molar-refractivity contribution in [3.8, 4) is 0 Å². The minimum absolute atomic E-state index is 0.294. The van der Waals surface area contributed by atoms with Crippen LogP contribution < -0.4 is 11.2 Å². The first-order valence-corrected chi connectivity index (χ1v) is 5.52. The van der Waals surface area contributed by atoms with E-state index in [0.29, 0.717) is 6.20 Å². The molecule has 1 heterocycles. The molecule has 8 nitrogen and oxygen atoms in total. The normalized spacial score (nSPS) is 11.7. The molecule has 16 heavy (non-hydrogen) atoms. The maximum Gasteiger partial charge on any atom is 0.469 e. The van der Waals surface area contributed by atoms with E-state index in [1.54, 1.807) is 4.98 Å². The van der Waals surface area contributed by atoms with Crippen LogP contribution in [0.4, 0.5) is 4.39 Å². The van der Waals surface area contributed by atoms with Crippen molar-refractivity contribution in [2.75, 3.05) is 6.61 Å². The van der Waals surface area contributed by atoms with Gasteiger partial charge in [-0.15, -0.1) is 0 Å². The first-order chi connectivity index (χ1) is 7.29. The minimum atomic E-state index is -4.62. The molecule has 0 aromatic carbocycles. The third-order valence-corrected chi connectivity index (χ3v) is 2.08. The summed E-state index contributed by atoms with van der Waals surface area (Å²) in [6.45, 7) is -0.784. The van der Waals surface area contributed by atoms with Gasteiger partial charge in [-0.3, -0.25) is 18.9 Å². The van der Waals surface area contributed by atoms with Gasteiger partial charge >= 0.3 is 13.5 Å². The first kappa shape index (κ1) is 12.8. The Bertz CT molecular complexity index is 531. The van der Waals surface area contributed by atoms with Gasteiger partial charge in [0.15, 0.2) is 0 Å². The fourth-order valence-corrected chi connectivity index (χ4v) is 1.23. The summed E-state index contributed by atoms with van der Waals surface area (Å²) in [6.07, 6.45) is 0.629. The summed E-state index contributed by atoms with van der Waals surface area (Å²) < 4.78 is 27.8. The highest BCUT2D eigenvalue weighted by Gasteiger charge is 2.13. The van der Waals surface area contributed by atoms with Gasteiger partial charge in [-0.2, -0.15) is 4.39 Å². The van der Waals surface area contributed by atoms with Gasteiger partial charge in [-0.25, -0.2) is 9.36 Å². The van der Waals surface area contributed by atoms with Crippen LogP contribution in [0, 0.1) is 5.82 Å². The highest BCUT2D eigenvalue weighted by Crippen LogP contribution is 2.35. The Hall–Kier alpha value is -1.28. The molecule has 0 aliphatic rings. The molecule has 0 saturated heterocycles. The fourth-order valence-electron chi connectivity index (χ4n) is 0.907. The van der Waals surface area contributed by atoms with Crippen molar-refractivity contribution < 1.29 is 23.3 Å². The van der Waals surface area contributed by atoms with E-state index >= 15 is 0 Å². The minimum Gasteiger partial charge on any atom is -0.303 e. The van der Waals surface area contributed by atoms with Gasteiger partial charge in [0.25, 0.3) is 5.56 Å². The lowest BCUT2D eigenvalue weighted by molar-refractivity contribution is 0.189. The Kier molecular flexibility index (Phi) is 3.76. The molecule has 0 spiro atoms. The number of rotatable bonds is 4. The molecular weight excluding hydrogens is 246 g/mol. The lowest BCUT2D eigenvalue weighted by Gasteiger charge is -2.06. The van der Waals surface area contributed by atoms with E-state index in [0.717, 1.165) is 4.57 Å². The lowest BCUT2D eigenvalue weighted by Crippen LogP contribution is -2.32. The van der Waals surface area contributed by atoms with E-state index in [4.69, 9.17) is 9.79 Å². The van der Waals surface area contributed by atoms with Crippen LogP contribution in [0.15, 0.2) is 15.8 Å². The number of phosphoric ester groups is 1. The Morgan fingerprint density at radius 2 is 2.12 bits per heavy atom. The highest BCUT2D eigenvalue weighted by molar-refractivity contribution is 7.46. The Balaban J connectivity index is 2.76. The summed E-state index contributed by atoms with van der Waals surface area (Å²) in [6, 6.07) is 0. The molecule has 0 bridgehead atoms. The molecule has 0 aliphatic heterocycles. The second-order valence-corrected chi connectivity index (χ2v) is 3.99. The van der Waals surface area contributed by atoms with Crippen LogP contribution >= 0.6 is 7.82 Å².